The van der Waals surface area contributed by atoms with E-state index in [0.717, 1.165) is 17.7 Å². The molecule has 0 saturated heterocycles. The summed E-state index contributed by atoms with van der Waals surface area (Å²) in [6.45, 7) is 0.697. The van der Waals surface area contributed by atoms with Crippen molar-refractivity contribution >= 4 is 21.7 Å². The Bertz CT molecular complexity index is 614. The zero-order valence-electron chi connectivity index (χ0n) is 9.81. The zero-order valence-corrected chi connectivity index (χ0v) is 11.4. The molecule has 0 aliphatic carbocycles. The van der Waals surface area contributed by atoms with Crippen molar-refractivity contribution in [2.24, 2.45) is 7.05 Å². The molecule has 0 unspecified atom stereocenters. The Kier molecular flexibility index (Phi) is 2.70. The Morgan fingerprint density at radius 1 is 1.50 bits per heavy atom. The van der Waals surface area contributed by atoms with Crippen molar-refractivity contribution in [1.29, 1.82) is 0 Å². The molecule has 0 fully saturated rings. The van der Waals surface area contributed by atoms with Crippen molar-refractivity contribution in [1.82, 2.24) is 9.78 Å². The van der Waals surface area contributed by atoms with Crippen LogP contribution in [0.2, 0.25) is 0 Å². The normalized spacial score (nSPS) is 13.2. The van der Waals surface area contributed by atoms with Crippen LogP contribution in [-0.4, -0.2) is 22.2 Å². The smallest absolute Gasteiger partial charge is 0.212 e. The first-order valence-corrected chi connectivity index (χ1v) is 6.44. The van der Waals surface area contributed by atoms with E-state index in [0.29, 0.717) is 22.3 Å². The van der Waals surface area contributed by atoms with E-state index in [1.807, 2.05) is 12.1 Å². The summed E-state index contributed by atoms with van der Waals surface area (Å²) in [4.78, 5) is 12.4. The van der Waals surface area contributed by atoms with Crippen molar-refractivity contribution in [3.63, 3.8) is 0 Å². The van der Waals surface area contributed by atoms with Gasteiger partial charge in [0.05, 0.1) is 17.3 Å². The number of aromatic nitrogens is 2. The first kappa shape index (κ1) is 11.5. The average Bonchev–Trinajstić information content (AvgIpc) is 2.94. The van der Waals surface area contributed by atoms with E-state index in [1.165, 1.54) is 0 Å². The highest BCUT2D eigenvalue weighted by atomic mass is 79.9. The largest absolute Gasteiger partial charge is 0.493 e. The second-order valence-electron chi connectivity index (χ2n) is 4.21. The highest BCUT2D eigenvalue weighted by Crippen LogP contribution is 2.27. The zero-order chi connectivity index (χ0) is 12.7. The van der Waals surface area contributed by atoms with Gasteiger partial charge in [-0.05, 0) is 39.7 Å². The van der Waals surface area contributed by atoms with Crippen LogP contribution in [0.25, 0.3) is 0 Å². The van der Waals surface area contributed by atoms with E-state index < -0.39 is 0 Å². The maximum atomic E-state index is 12.4. The number of carbonyl (C=O) groups is 1. The lowest BCUT2D eigenvalue weighted by molar-refractivity contribution is 0.102. The lowest BCUT2D eigenvalue weighted by Crippen LogP contribution is -2.09. The predicted octanol–water partition coefficient (Wildman–Crippen LogP) is 2.35. The predicted molar refractivity (Wildman–Crippen MR) is 70.0 cm³/mol. The minimum absolute atomic E-state index is 0.0309. The number of hydrogen-bond donors (Lipinski definition) is 0. The fourth-order valence-electron chi connectivity index (χ4n) is 2.13. The van der Waals surface area contributed by atoms with Crippen molar-refractivity contribution in [2.75, 3.05) is 6.61 Å². The Morgan fingerprint density at radius 2 is 2.33 bits per heavy atom. The number of ketones is 1. The molecule has 1 aromatic heterocycles. The molecule has 2 heterocycles. The number of carbonyl (C=O) groups excluding carboxylic acids is 1. The molecule has 0 radical (unpaired) electrons. The SMILES string of the molecule is Cn1ncc(Br)c1C(=O)c1ccc2c(c1)CCO2. The Morgan fingerprint density at radius 3 is 3.06 bits per heavy atom. The summed E-state index contributed by atoms with van der Waals surface area (Å²) in [5.41, 5.74) is 2.33. The van der Waals surface area contributed by atoms with Gasteiger partial charge in [-0.25, -0.2) is 0 Å². The number of ether oxygens (including phenoxy) is 1. The van der Waals surface area contributed by atoms with Gasteiger partial charge in [0.15, 0.2) is 0 Å². The number of halogens is 1. The van der Waals surface area contributed by atoms with Crippen molar-refractivity contribution in [3.05, 3.63) is 45.7 Å². The summed E-state index contributed by atoms with van der Waals surface area (Å²) in [6.07, 6.45) is 2.49. The lowest BCUT2D eigenvalue weighted by atomic mass is 10.0. The van der Waals surface area contributed by atoms with E-state index in [9.17, 15) is 4.79 Å². The number of hydrogen-bond acceptors (Lipinski definition) is 3. The van der Waals surface area contributed by atoms with E-state index in [4.69, 9.17) is 4.74 Å². The molecule has 0 spiro atoms. The van der Waals surface area contributed by atoms with Crippen LogP contribution in [0, 0.1) is 0 Å². The van der Waals surface area contributed by atoms with Gasteiger partial charge in [-0.1, -0.05) is 0 Å². The summed E-state index contributed by atoms with van der Waals surface area (Å²) in [6, 6.07) is 5.57. The molecular formula is C13H11BrN2O2. The second kappa shape index (κ2) is 4.24. The molecular weight excluding hydrogens is 296 g/mol. The molecule has 1 aliphatic heterocycles. The van der Waals surface area contributed by atoms with Gasteiger partial charge in [0.2, 0.25) is 5.78 Å². The molecule has 0 bridgehead atoms. The number of nitrogens with zero attached hydrogens (tertiary/aromatic N) is 2. The molecule has 0 atom stereocenters. The highest BCUT2D eigenvalue weighted by Gasteiger charge is 2.20. The van der Waals surface area contributed by atoms with Crippen molar-refractivity contribution < 1.29 is 9.53 Å². The summed E-state index contributed by atoms with van der Waals surface area (Å²) in [5.74, 6) is 0.854. The quantitative estimate of drug-likeness (QED) is 0.800. The molecule has 92 valence electrons. The van der Waals surface area contributed by atoms with Gasteiger partial charge in [0.1, 0.15) is 11.4 Å². The Balaban J connectivity index is 2.03. The molecule has 0 amide bonds. The highest BCUT2D eigenvalue weighted by molar-refractivity contribution is 9.10. The molecule has 0 saturated carbocycles. The third-order valence-corrected chi connectivity index (χ3v) is 3.64. The molecule has 4 nitrogen and oxygen atoms in total. The van der Waals surface area contributed by atoms with Crippen LogP contribution in [0.3, 0.4) is 0 Å². The topological polar surface area (TPSA) is 44.1 Å². The fourth-order valence-corrected chi connectivity index (χ4v) is 2.66. The second-order valence-corrected chi connectivity index (χ2v) is 5.07. The molecule has 1 aliphatic rings. The third-order valence-electron chi connectivity index (χ3n) is 3.06. The van der Waals surface area contributed by atoms with E-state index in [1.54, 1.807) is 24.0 Å². The van der Waals surface area contributed by atoms with Gasteiger partial charge in [-0.15, -0.1) is 0 Å². The van der Waals surface area contributed by atoms with Crippen LogP contribution in [-0.2, 0) is 13.5 Å². The van der Waals surface area contributed by atoms with E-state index >= 15 is 0 Å². The Labute approximate surface area is 113 Å². The van der Waals surface area contributed by atoms with Gasteiger partial charge >= 0.3 is 0 Å². The summed E-state index contributed by atoms with van der Waals surface area (Å²) in [5, 5.41) is 4.06. The maximum absolute atomic E-state index is 12.4. The minimum atomic E-state index is -0.0309. The fraction of sp³-hybridized carbons (Fsp3) is 0.231. The number of rotatable bonds is 2. The standard InChI is InChI=1S/C13H11BrN2O2/c1-16-12(10(14)7-15-16)13(17)9-2-3-11-8(6-9)4-5-18-11/h2-3,6-7H,4-5H2,1H3. The number of fused-ring (bicyclic) bond motifs is 1. The first-order chi connectivity index (χ1) is 8.66. The van der Waals surface area contributed by atoms with Gasteiger partial charge in [-0.3, -0.25) is 9.48 Å². The monoisotopic (exact) mass is 306 g/mol. The molecule has 3 rings (SSSR count). The van der Waals surface area contributed by atoms with Gasteiger partial charge in [0, 0.05) is 19.0 Å². The third kappa shape index (κ3) is 1.75. The van der Waals surface area contributed by atoms with Crippen LogP contribution in [0.5, 0.6) is 5.75 Å². The minimum Gasteiger partial charge on any atom is -0.493 e. The number of aryl methyl sites for hydroxylation is 1. The van der Waals surface area contributed by atoms with Gasteiger partial charge < -0.3 is 4.74 Å². The van der Waals surface area contributed by atoms with Crippen LogP contribution in [0.15, 0.2) is 28.9 Å². The molecule has 2 aromatic rings. The van der Waals surface area contributed by atoms with Gasteiger partial charge in [0.25, 0.3) is 0 Å². The van der Waals surface area contributed by atoms with E-state index in [2.05, 4.69) is 21.0 Å². The van der Waals surface area contributed by atoms with Crippen LogP contribution < -0.4 is 4.74 Å². The maximum Gasteiger partial charge on any atom is 0.212 e. The number of benzene rings is 1. The first-order valence-electron chi connectivity index (χ1n) is 5.65. The van der Waals surface area contributed by atoms with Crippen LogP contribution in [0.4, 0.5) is 0 Å². The molecule has 18 heavy (non-hydrogen) atoms. The van der Waals surface area contributed by atoms with Gasteiger partial charge in [-0.2, -0.15) is 5.10 Å². The van der Waals surface area contributed by atoms with Crippen LogP contribution in [0.1, 0.15) is 21.6 Å². The molecule has 1 aromatic carbocycles. The average molecular weight is 307 g/mol. The Hall–Kier alpha value is -1.62. The summed E-state index contributed by atoms with van der Waals surface area (Å²) in [7, 11) is 1.76. The van der Waals surface area contributed by atoms with Crippen molar-refractivity contribution in [2.45, 2.75) is 6.42 Å². The molecule has 5 heteroatoms. The summed E-state index contributed by atoms with van der Waals surface area (Å²) < 4.78 is 7.73. The van der Waals surface area contributed by atoms with Crippen LogP contribution >= 0.6 is 15.9 Å². The van der Waals surface area contributed by atoms with Crippen molar-refractivity contribution in [3.8, 4) is 5.75 Å². The summed E-state index contributed by atoms with van der Waals surface area (Å²) >= 11 is 3.35. The lowest BCUT2D eigenvalue weighted by Gasteiger charge is -2.04. The van der Waals surface area contributed by atoms with E-state index in [-0.39, 0.29) is 5.78 Å². The molecule has 0 N–H and O–H groups in total.